The Morgan fingerprint density at radius 2 is 2.50 bits per heavy atom. The maximum absolute atomic E-state index is 11.1. The number of hydrogen-bond donors (Lipinski definition) is 1. The molecule has 0 aromatic heterocycles. The largest absolute Gasteiger partial charge is 0.468 e. The Labute approximate surface area is 71.2 Å². The van der Waals surface area contributed by atoms with Crippen LogP contribution in [0.1, 0.15) is 12.8 Å². The van der Waals surface area contributed by atoms with Crippen molar-refractivity contribution in [3.8, 4) is 0 Å². The minimum atomic E-state index is -0.173. The maximum atomic E-state index is 11.1. The molecule has 0 aliphatic carbocycles. The number of fused-ring (bicyclic) bond motifs is 1. The molecule has 2 aliphatic heterocycles. The number of methoxy groups -OCH3 is 1. The van der Waals surface area contributed by atoms with E-state index in [0.717, 1.165) is 19.4 Å². The Kier molecular flexibility index (Phi) is 2.02. The monoisotopic (exact) mass is 171 g/mol. The lowest BCUT2D eigenvalue weighted by atomic mass is 10.1. The van der Waals surface area contributed by atoms with Gasteiger partial charge in [-0.3, -0.25) is 10.1 Å². The molecule has 1 unspecified atom stereocenters. The molecule has 0 bridgehead atoms. The van der Waals surface area contributed by atoms with E-state index in [2.05, 4.69) is 10.1 Å². The Hall–Kier alpha value is -0.610. The number of hydrogen-bond acceptors (Lipinski definition) is 4. The van der Waals surface area contributed by atoms with Crippen molar-refractivity contribution in [3.63, 3.8) is 0 Å². The summed E-state index contributed by atoms with van der Waals surface area (Å²) < 4.78 is 10.1. The van der Waals surface area contributed by atoms with E-state index in [1.165, 1.54) is 7.11 Å². The molecule has 4 heteroatoms. The van der Waals surface area contributed by atoms with Crippen molar-refractivity contribution in [2.45, 2.75) is 31.0 Å². The smallest absolute Gasteiger partial charge is 0.322 e. The van der Waals surface area contributed by atoms with E-state index in [1.807, 2.05) is 0 Å². The third-order valence-electron chi connectivity index (χ3n) is 2.58. The molecule has 0 amide bonds. The zero-order chi connectivity index (χ0) is 8.55. The first-order valence-electron chi connectivity index (χ1n) is 4.26. The Morgan fingerprint density at radius 3 is 3.17 bits per heavy atom. The third-order valence-corrected chi connectivity index (χ3v) is 2.58. The second-order valence-electron chi connectivity index (χ2n) is 3.28. The van der Waals surface area contributed by atoms with E-state index < -0.39 is 0 Å². The second kappa shape index (κ2) is 3.03. The molecule has 1 N–H and O–H groups in total. The van der Waals surface area contributed by atoms with Crippen LogP contribution >= 0.6 is 0 Å². The molecule has 0 saturated carbocycles. The molecule has 3 atom stereocenters. The van der Waals surface area contributed by atoms with Gasteiger partial charge < -0.3 is 9.47 Å². The molecule has 2 saturated heterocycles. The highest BCUT2D eigenvalue weighted by Crippen LogP contribution is 2.25. The Balaban J connectivity index is 1.94. The lowest BCUT2D eigenvalue weighted by molar-refractivity contribution is -0.143. The first-order valence-corrected chi connectivity index (χ1v) is 4.26. The summed E-state index contributed by atoms with van der Waals surface area (Å²) in [5.74, 6) is -0.173. The molecule has 0 aromatic carbocycles. The number of ether oxygens (including phenoxy) is 2. The molecule has 2 aliphatic rings. The summed E-state index contributed by atoms with van der Waals surface area (Å²) in [6.45, 7) is 0.816. The number of esters is 1. The molecule has 4 nitrogen and oxygen atoms in total. The van der Waals surface area contributed by atoms with Gasteiger partial charge in [0, 0.05) is 19.1 Å². The van der Waals surface area contributed by atoms with Crippen molar-refractivity contribution in [1.82, 2.24) is 5.32 Å². The molecule has 2 rings (SSSR count). The van der Waals surface area contributed by atoms with Crippen molar-refractivity contribution < 1.29 is 14.3 Å². The van der Waals surface area contributed by atoms with E-state index in [-0.39, 0.29) is 18.1 Å². The molecular formula is C8H13NO3. The van der Waals surface area contributed by atoms with Crippen LogP contribution in [0.15, 0.2) is 0 Å². The van der Waals surface area contributed by atoms with E-state index in [0.29, 0.717) is 6.04 Å². The van der Waals surface area contributed by atoms with Crippen molar-refractivity contribution in [2.75, 3.05) is 13.7 Å². The van der Waals surface area contributed by atoms with Gasteiger partial charge in [0.25, 0.3) is 0 Å². The van der Waals surface area contributed by atoms with Gasteiger partial charge >= 0.3 is 5.97 Å². The lowest BCUT2D eigenvalue weighted by Gasteiger charge is -2.08. The zero-order valence-electron chi connectivity index (χ0n) is 7.08. The van der Waals surface area contributed by atoms with Crippen LogP contribution in [0.2, 0.25) is 0 Å². The predicted octanol–water partition coefficient (Wildman–Crippen LogP) is -0.321. The van der Waals surface area contributed by atoms with E-state index in [4.69, 9.17) is 4.74 Å². The highest BCUT2D eigenvalue weighted by Gasteiger charge is 2.41. The van der Waals surface area contributed by atoms with Crippen molar-refractivity contribution in [2.24, 2.45) is 0 Å². The number of carbonyl (C=O) groups excluding carboxylic acids is 1. The van der Waals surface area contributed by atoms with Crippen LogP contribution in [0.5, 0.6) is 0 Å². The summed E-state index contributed by atoms with van der Waals surface area (Å²) in [5, 5.41) is 3.20. The summed E-state index contributed by atoms with van der Waals surface area (Å²) in [7, 11) is 1.42. The van der Waals surface area contributed by atoms with Crippen LogP contribution in [0, 0.1) is 0 Å². The van der Waals surface area contributed by atoms with Crippen molar-refractivity contribution in [3.05, 3.63) is 0 Å². The van der Waals surface area contributed by atoms with Crippen LogP contribution in [0.4, 0.5) is 0 Å². The molecule has 12 heavy (non-hydrogen) atoms. The normalized spacial score (nSPS) is 39.6. The van der Waals surface area contributed by atoms with Crippen molar-refractivity contribution >= 4 is 5.97 Å². The Bertz CT molecular complexity index is 183. The van der Waals surface area contributed by atoms with Gasteiger partial charge in [-0.1, -0.05) is 0 Å². The second-order valence-corrected chi connectivity index (χ2v) is 3.28. The highest BCUT2D eigenvalue weighted by atomic mass is 16.5. The maximum Gasteiger partial charge on any atom is 0.322 e. The fraction of sp³-hybridized carbons (Fsp3) is 0.875. The topological polar surface area (TPSA) is 47.6 Å². The number of nitrogens with one attached hydrogen (secondary N) is 1. The first-order chi connectivity index (χ1) is 5.81. The molecular weight excluding hydrogens is 158 g/mol. The van der Waals surface area contributed by atoms with Crippen LogP contribution in [-0.2, 0) is 14.3 Å². The van der Waals surface area contributed by atoms with Gasteiger partial charge in [-0.15, -0.1) is 0 Å². The minimum Gasteiger partial charge on any atom is -0.468 e. The third kappa shape index (κ3) is 1.21. The summed E-state index contributed by atoms with van der Waals surface area (Å²) >= 11 is 0. The van der Waals surface area contributed by atoms with Gasteiger partial charge in [0.2, 0.25) is 0 Å². The molecule has 0 radical (unpaired) electrons. The molecule has 0 aromatic rings. The summed E-state index contributed by atoms with van der Waals surface area (Å²) in [6.07, 6.45) is 2.00. The zero-order valence-corrected chi connectivity index (χ0v) is 7.08. The predicted molar refractivity (Wildman–Crippen MR) is 41.7 cm³/mol. The fourth-order valence-electron chi connectivity index (χ4n) is 1.94. The summed E-state index contributed by atoms with van der Waals surface area (Å²) in [6, 6.07) is 0.222. The lowest BCUT2D eigenvalue weighted by Crippen LogP contribution is -2.36. The quantitative estimate of drug-likeness (QED) is 0.549. The number of rotatable bonds is 1. The van der Waals surface area contributed by atoms with Gasteiger partial charge in [0.1, 0.15) is 6.04 Å². The first kappa shape index (κ1) is 8.01. The van der Waals surface area contributed by atoms with Gasteiger partial charge in [0.05, 0.1) is 13.2 Å². The van der Waals surface area contributed by atoms with Crippen LogP contribution < -0.4 is 5.32 Å². The van der Waals surface area contributed by atoms with Crippen molar-refractivity contribution in [1.29, 1.82) is 0 Å². The average Bonchev–Trinajstić information content (AvgIpc) is 2.60. The molecule has 2 fully saturated rings. The van der Waals surface area contributed by atoms with E-state index in [1.54, 1.807) is 0 Å². The minimum absolute atomic E-state index is 0.148. The van der Waals surface area contributed by atoms with Crippen LogP contribution in [-0.4, -0.2) is 37.9 Å². The summed E-state index contributed by atoms with van der Waals surface area (Å²) in [5.41, 5.74) is 0. The van der Waals surface area contributed by atoms with E-state index >= 15 is 0 Å². The van der Waals surface area contributed by atoms with Gasteiger partial charge in [-0.25, -0.2) is 0 Å². The highest BCUT2D eigenvalue weighted by molar-refractivity contribution is 5.76. The van der Waals surface area contributed by atoms with Crippen LogP contribution in [0.3, 0.4) is 0 Å². The molecule has 0 spiro atoms. The fourth-order valence-corrected chi connectivity index (χ4v) is 1.94. The van der Waals surface area contributed by atoms with Gasteiger partial charge in [-0.05, 0) is 6.42 Å². The van der Waals surface area contributed by atoms with Crippen LogP contribution in [0.25, 0.3) is 0 Å². The van der Waals surface area contributed by atoms with Gasteiger partial charge in [0.15, 0.2) is 0 Å². The SMILES string of the molecule is COC(=O)C1C[C@@H]2OCC[C@@H]2N1. The van der Waals surface area contributed by atoms with Gasteiger partial charge in [-0.2, -0.15) is 0 Å². The molecule has 2 heterocycles. The molecule has 68 valence electrons. The van der Waals surface area contributed by atoms with E-state index in [9.17, 15) is 4.79 Å². The average molecular weight is 171 g/mol. The standard InChI is InChI=1S/C8H13NO3/c1-11-8(10)6-4-7-5(9-6)2-3-12-7/h5-7,9H,2-4H2,1H3/t5-,6?,7-/m0/s1. The summed E-state index contributed by atoms with van der Waals surface area (Å²) in [4.78, 5) is 11.1. The Morgan fingerprint density at radius 1 is 1.67 bits per heavy atom. The number of carbonyl (C=O) groups is 1.